The summed E-state index contributed by atoms with van der Waals surface area (Å²) in [5.74, 6) is -0.609. The molecule has 1 aromatic heterocycles. The summed E-state index contributed by atoms with van der Waals surface area (Å²) in [6.07, 6.45) is 0.828. The SMILES string of the molecule is CCCNC(=O)CNC(=O)c1cc2cc([N+](=O)[O-])ccc2s1. The zero-order valence-corrected chi connectivity index (χ0v) is 12.7. The van der Waals surface area contributed by atoms with E-state index in [1.54, 1.807) is 12.1 Å². The van der Waals surface area contributed by atoms with E-state index in [0.717, 1.165) is 11.1 Å². The number of nitro groups is 1. The van der Waals surface area contributed by atoms with E-state index in [0.29, 0.717) is 16.8 Å². The molecule has 2 aromatic rings. The maximum Gasteiger partial charge on any atom is 0.270 e. The van der Waals surface area contributed by atoms with Crippen molar-refractivity contribution in [1.82, 2.24) is 10.6 Å². The fourth-order valence-corrected chi connectivity index (χ4v) is 2.79. The van der Waals surface area contributed by atoms with Gasteiger partial charge in [0.2, 0.25) is 5.91 Å². The Morgan fingerprint density at radius 3 is 2.73 bits per heavy atom. The van der Waals surface area contributed by atoms with Crippen LogP contribution in [0.2, 0.25) is 0 Å². The number of carbonyl (C=O) groups is 2. The van der Waals surface area contributed by atoms with Crippen molar-refractivity contribution >= 4 is 38.9 Å². The molecule has 0 saturated carbocycles. The lowest BCUT2D eigenvalue weighted by Gasteiger charge is -2.04. The Labute approximate surface area is 130 Å². The van der Waals surface area contributed by atoms with Gasteiger partial charge in [0, 0.05) is 28.8 Å². The van der Waals surface area contributed by atoms with Gasteiger partial charge in [0.25, 0.3) is 11.6 Å². The van der Waals surface area contributed by atoms with E-state index in [-0.39, 0.29) is 24.0 Å². The minimum atomic E-state index is -0.477. The standard InChI is InChI=1S/C14H15N3O4S/c1-2-5-15-13(18)8-16-14(19)12-7-9-6-10(17(20)21)3-4-11(9)22-12/h3-4,6-7H,2,5,8H2,1H3,(H,15,18)(H,16,19). The summed E-state index contributed by atoms with van der Waals surface area (Å²) in [6, 6.07) is 6.03. The monoisotopic (exact) mass is 321 g/mol. The van der Waals surface area contributed by atoms with Crippen LogP contribution in [0.5, 0.6) is 0 Å². The number of nitrogens with one attached hydrogen (secondary N) is 2. The minimum Gasteiger partial charge on any atom is -0.355 e. The van der Waals surface area contributed by atoms with Crippen molar-refractivity contribution in [1.29, 1.82) is 0 Å². The molecule has 1 heterocycles. The molecule has 0 atom stereocenters. The van der Waals surface area contributed by atoms with Gasteiger partial charge in [-0.05, 0) is 18.6 Å². The fraction of sp³-hybridized carbons (Fsp3) is 0.286. The molecule has 2 rings (SSSR count). The Hall–Kier alpha value is -2.48. The van der Waals surface area contributed by atoms with Crippen LogP contribution >= 0.6 is 11.3 Å². The average molecular weight is 321 g/mol. The number of non-ortho nitro benzene ring substituents is 1. The number of rotatable bonds is 6. The highest BCUT2D eigenvalue weighted by atomic mass is 32.1. The molecule has 0 aliphatic heterocycles. The quantitative estimate of drug-likeness (QED) is 0.628. The highest BCUT2D eigenvalue weighted by molar-refractivity contribution is 7.20. The molecule has 7 nitrogen and oxygen atoms in total. The molecule has 8 heteroatoms. The van der Waals surface area contributed by atoms with Crippen LogP contribution in [0.4, 0.5) is 5.69 Å². The molecule has 2 N–H and O–H groups in total. The first-order valence-corrected chi connectivity index (χ1v) is 7.55. The number of hydrogen-bond acceptors (Lipinski definition) is 5. The van der Waals surface area contributed by atoms with Crippen molar-refractivity contribution in [2.45, 2.75) is 13.3 Å². The van der Waals surface area contributed by atoms with E-state index in [2.05, 4.69) is 10.6 Å². The minimum absolute atomic E-state index is 0.0174. The fourth-order valence-electron chi connectivity index (χ4n) is 1.83. The number of nitrogens with zero attached hydrogens (tertiary/aromatic N) is 1. The molecule has 2 amide bonds. The second-order valence-corrected chi connectivity index (χ2v) is 5.71. The third-order valence-electron chi connectivity index (χ3n) is 2.92. The molecule has 0 unspecified atom stereocenters. The van der Waals surface area contributed by atoms with Gasteiger partial charge in [-0.2, -0.15) is 0 Å². The van der Waals surface area contributed by atoms with Crippen molar-refractivity contribution in [3.63, 3.8) is 0 Å². The number of fused-ring (bicyclic) bond motifs is 1. The van der Waals surface area contributed by atoms with Crippen molar-refractivity contribution in [3.8, 4) is 0 Å². The van der Waals surface area contributed by atoms with E-state index in [9.17, 15) is 19.7 Å². The molecule has 1 aromatic carbocycles. The Kier molecular flexibility index (Phi) is 5.05. The molecular formula is C14H15N3O4S. The second kappa shape index (κ2) is 6.99. The molecule has 0 saturated heterocycles. The first kappa shape index (κ1) is 15.9. The van der Waals surface area contributed by atoms with Crippen molar-refractivity contribution in [2.24, 2.45) is 0 Å². The number of benzene rings is 1. The van der Waals surface area contributed by atoms with Gasteiger partial charge in [0.05, 0.1) is 16.3 Å². The van der Waals surface area contributed by atoms with Gasteiger partial charge in [0.1, 0.15) is 0 Å². The van der Waals surface area contributed by atoms with Gasteiger partial charge in [-0.1, -0.05) is 6.92 Å². The molecule has 22 heavy (non-hydrogen) atoms. The van der Waals surface area contributed by atoms with Gasteiger partial charge in [-0.3, -0.25) is 19.7 Å². The number of amides is 2. The lowest BCUT2D eigenvalue weighted by atomic mass is 10.2. The van der Waals surface area contributed by atoms with Gasteiger partial charge >= 0.3 is 0 Å². The summed E-state index contributed by atoms with van der Waals surface area (Å²) >= 11 is 1.23. The van der Waals surface area contributed by atoms with Crippen LogP contribution in [0.3, 0.4) is 0 Å². The molecule has 0 fully saturated rings. The van der Waals surface area contributed by atoms with Crippen LogP contribution in [0.15, 0.2) is 24.3 Å². The topological polar surface area (TPSA) is 101 Å². The summed E-state index contributed by atoms with van der Waals surface area (Å²) in [5, 5.41) is 16.6. The summed E-state index contributed by atoms with van der Waals surface area (Å²) in [6.45, 7) is 2.42. The molecule has 0 spiro atoms. The molecule has 0 bridgehead atoms. The Balaban J connectivity index is 2.05. The van der Waals surface area contributed by atoms with E-state index in [4.69, 9.17) is 0 Å². The molecular weight excluding hydrogens is 306 g/mol. The second-order valence-electron chi connectivity index (χ2n) is 4.62. The van der Waals surface area contributed by atoms with Crippen LogP contribution in [0.25, 0.3) is 10.1 Å². The number of carbonyl (C=O) groups excluding carboxylic acids is 2. The van der Waals surface area contributed by atoms with E-state index in [1.165, 1.54) is 23.5 Å². The largest absolute Gasteiger partial charge is 0.355 e. The number of thiophene rings is 1. The van der Waals surface area contributed by atoms with Crippen LogP contribution < -0.4 is 10.6 Å². The lowest BCUT2D eigenvalue weighted by Crippen LogP contribution is -2.36. The zero-order chi connectivity index (χ0) is 16.1. The first-order chi connectivity index (χ1) is 10.5. The molecule has 116 valence electrons. The highest BCUT2D eigenvalue weighted by Gasteiger charge is 2.14. The summed E-state index contributed by atoms with van der Waals surface area (Å²) in [5.41, 5.74) is -0.0174. The number of hydrogen-bond donors (Lipinski definition) is 2. The highest BCUT2D eigenvalue weighted by Crippen LogP contribution is 2.28. The number of nitro benzene ring substituents is 1. The third-order valence-corrected chi connectivity index (χ3v) is 4.03. The molecule has 0 aliphatic rings. The first-order valence-electron chi connectivity index (χ1n) is 6.74. The van der Waals surface area contributed by atoms with Gasteiger partial charge in [-0.25, -0.2) is 0 Å². The van der Waals surface area contributed by atoms with Crippen LogP contribution in [-0.4, -0.2) is 29.8 Å². The van der Waals surface area contributed by atoms with Gasteiger partial charge < -0.3 is 10.6 Å². The van der Waals surface area contributed by atoms with Gasteiger partial charge in [-0.15, -0.1) is 11.3 Å². The predicted octanol–water partition coefficient (Wildman–Crippen LogP) is 2.07. The Morgan fingerprint density at radius 1 is 1.27 bits per heavy atom. The summed E-state index contributed by atoms with van der Waals surface area (Å²) in [7, 11) is 0. The summed E-state index contributed by atoms with van der Waals surface area (Å²) in [4.78, 5) is 34.1. The maximum atomic E-state index is 12.0. The lowest BCUT2D eigenvalue weighted by molar-refractivity contribution is -0.384. The van der Waals surface area contributed by atoms with Crippen molar-refractivity contribution < 1.29 is 14.5 Å². The van der Waals surface area contributed by atoms with Crippen LogP contribution in [0.1, 0.15) is 23.0 Å². The Morgan fingerprint density at radius 2 is 2.05 bits per heavy atom. The van der Waals surface area contributed by atoms with E-state index < -0.39 is 4.92 Å². The van der Waals surface area contributed by atoms with Crippen molar-refractivity contribution in [3.05, 3.63) is 39.3 Å². The van der Waals surface area contributed by atoms with Crippen LogP contribution in [-0.2, 0) is 4.79 Å². The van der Waals surface area contributed by atoms with Crippen molar-refractivity contribution in [2.75, 3.05) is 13.1 Å². The smallest absolute Gasteiger partial charge is 0.270 e. The maximum absolute atomic E-state index is 12.0. The third kappa shape index (κ3) is 3.79. The predicted molar refractivity (Wildman–Crippen MR) is 84.1 cm³/mol. The zero-order valence-electron chi connectivity index (χ0n) is 11.9. The van der Waals surface area contributed by atoms with Crippen LogP contribution in [0, 0.1) is 10.1 Å². The Bertz CT molecular complexity index is 726. The summed E-state index contributed by atoms with van der Waals surface area (Å²) < 4.78 is 0.784. The average Bonchev–Trinajstić information content (AvgIpc) is 2.93. The van der Waals surface area contributed by atoms with E-state index in [1.807, 2.05) is 6.92 Å². The normalized spacial score (nSPS) is 10.4. The van der Waals surface area contributed by atoms with Gasteiger partial charge in [0.15, 0.2) is 0 Å². The molecule has 0 radical (unpaired) electrons. The molecule has 0 aliphatic carbocycles. The van der Waals surface area contributed by atoms with E-state index >= 15 is 0 Å².